The van der Waals surface area contributed by atoms with Crippen LogP contribution in [0.25, 0.3) is 0 Å². The number of rotatable bonds is 5. The molecule has 56 valence electrons. The average molecular weight is 153 g/mol. The largest absolute Gasteiger partial charge is 0.380 e. The van der Waals surface area contributed by atoms with Crippen molar-refractivity contribution in [1.29, 1.82) is 0 Å². The fraction of sp³-hybridized carbons (Fsp3) is 1.00. The van der Waals surface area contributed by atoms with Crippen molar-refractivity contribution in [3.8, 4) is 0 Å². The molecule has 0 heterocycles. The lowest BCUT2D eigenvalue weighted by Gasteiger charge is -1.96. The van der Waals surface area contributed by atoms with Crippen molar-refractivity contribution in [2.24, 2.45) is 0 Å². The van der Waals surface area contributed by atoms with Crippen molar-refractivity contribution in [2.45, 2.75) is 6.92 Å². The van der Waals surface area contributed by atoms with Crippen molar-refractivity contribution < 1.29 is 13.2 Å². The summed E-state index contributed by atoms with van der Waals surface area (Å²) in [7, 11) is -2.45. The normalized spacial score (nSPS) is 10.4. The number of ether oxygens (including phenoxy) is 1. The first-order valence-electron chi connectivity index (χ1n) is 2.73. The lowest BCUT2D eigenvalue weighted by Crippen LogP contribution is -2.17. The minimum atomic E-state index is -2.45. The molecule has 9 heavy (non-hydrogen) atoms. The summed E-state index contributed by atoms with van der Waals surface area (Å²) in [5.41, 5.74) is 0. The predicted molar refractivity (Wildman–Crippen MR) is 34.8 cm³/mol. The highest BCUT2D eigenvalue weighted by Crippen LogP contribution is 1.68. The highest BCUT2D eigenvalue weighted by atomic mass is 32.2. The third kappa shape index (κ3) is 7.87. The molecule has 0 saturated carbocycles. The van der Waals surface area contributed by atoms with E-state index in [9.17, 15) is 8.42 Å². The van der Waals surface area contributed by atoms with Crippen LogP contribution in [0.3, 0.4) is 0 Å². The smallest absolute Gasteiger partial charge is 0.201 e. The van der Waals surface area contributed by atoms with E-state index in [4.69, 9.17) is 4.74 Å². The van der Waals surface area contributed by atoms with E-state index in [1.165, 1.54) is 0 Å². The average Bonchev–Trinajstić information content (AvgIpc) is 1.80. The van der Waals surface area contributed by atoms with E-state index in [1.807, 2.05) is 6.92 Å². The molecule has 0 unspecified atom stereocenters. The zero-order valence-electron chi connectivity index (χ0n) is 5.29. The fourth-order valence-corrected chi connectivity index (χ4v) is 0.627. The van der Waals surface area contributed by atoms with Crippen LogP contribution < -0.4 is 4.72 Å². The van der Waals surface area contributed by atoms with Gasteiger partial charge in [0.1, 0.15) is 0 Å². The van der Waals surface area contributed by atoms with Gasteiger partial charge < -0.3 is 4.74 Å². The SMILES string of the molecule is CCOCCN[SH](=O)=O. The van der Waals surface area contributed by atoms with E-state index in [-0.39, 0.29) is 0 Å². The molecule has 0 aliphatic rings. The Bertz CT molecular complexity index is 115. The van der Waals surface area contributed by atoms with Crippen molar-refractivity contribution in [3.05, 3.63) is 0 Å². The molecule has 0 bridgehead atoms. The summed E-state index contributed by atoms with van der Waals surface area (Å²) in [6.45, 7) is 3.29. The highest BCUT2D eigenvalue weighted by Gasteiger charge is 1.83. The molecule has 0 saturated heterocycles. The van der Waals surface area contributed by atoms with Gasteiger partial charge in [0.2, 0.25) is 10.9 Å². The van der Waals surface area contributed by atoms with Gasteiger partial charge in [-0.3, -0.25) is 0 Å². The van der Waals surface area contributed by atoms with Crippen LogP contribution in [0.15, 0.2) is 0 Å². The first kappa shape index (κ1) is 8.87. The standard InChI is InChI=1S/C4H11NO3S/c1-2-8-4-3-5-9(6)7/h9H,2-4H2,1H3,(H,5,6,7). The molecule has 4 nitrogen and oxygen atoms in total. The van der Waals surface area contributed by atoms with E-state index < -0.39 is 10.9 Å². The Hall–Kier alpha value is -0.130. The molecule has 0 fully saturated rings. The van der Waals surface area contributed by atoms with E-state index in [0.29, 0.717) is 19.8 Å². The van der Waals surface area contributed by atoms with Gasteiger partial charge >= 0.3 is 0 Å². The number of thiol groups is 1. The summed E-state index contributed by atoms with van der Waals surface area (Å²) >= 11 is 0. The second-order valence-corrected chi connectivity index (χ2v) is 2.19. The summed E-state index contributed by atoms with van der Waals surface area (Å²) in [5.74, 6) is 0. The maximum absolute atomic E-state index is 9.83. The highest BCUT2D eigenvalue weighted by molar-refractivity contribution is 7.70. The van der Waals surface area contributed by atoms with Crippen LogP contribution in [0, 0.1) is 0 Å². The van der Waals surface area contributed by atoms with Crippen molar-refractivity contribution in [3.63, 3.8) is 0 Å². The zero-order chi connectivity index (χ0) is 7.11. The summed E-state index contributed by atoms with van der Waals surface area (Å²) in [4.78, 5) is 0. The summed E-state index contributed by atoms with van der Waals surface area (Å²) in [6, 6.07) is 0. The van der Waals surface area contributed by atoms with E-state index in [2.05, 4.69) is 4.72 Å². The molecule has 1 N–H and O–H groups in total. The van der Waals surface area contributed by atoms with Gasteiger partial charge in [-0.05, 0) is 6.92 Å². The van der Waals surface area contributed by atoms with Gasteiger partial charge in [-0.1, -0.05) is 0 Å². The molecule has 0 radical (unpaired) electrons. The molecule has 5 heteroatoms. The Kier molecular flexibility index (Phi) is 5.91. The quantitative estimate of drug-likeness (QED) is 0.399. The van der Waals surface area contributed by atoms with E-state index in [0.717, 1.165) is 0 Å². The molecule has 0 aromatic carbocycles. The number of hydrogen-bond acceptors (Lipinski definition) is 3. The van der Waals surface area contributed by atoms with Gasteiger partial charge in [-0.2, -0.15) is 0 Å². The summed E-state index contributed by atoms with van der Waals surface area (Å²) in [6.07, 6.45) is 0. The summed E-state index contributed by atoms with van der Waals surface area (Å²) in [5, 5.41) is 0. The third-order valence-electron chi connectivity index (χ3n) is 0.691. The second-order valence-electron chi connectivity index (χ2n) is 1.36. The minimum absolute atomic E-state index is 0.368. The maximum atomic E-state index is 9.83. The molecular formula is C4H11NO3S. The van der Waals surface area contributed by atoms with Gasteiger partial charge in [0.05, 0.1) is 6.61 Å². The molecule has 0 rings (SSSR count). The Morgan fingerprint density at radius 2 is 2.22 bits per heavy atom. The number of hydrogen-bond donors (Lipinski definition) is 2. The molecule has 0 amide bonds. The minimum Gasteiger partial charge on any atom is -0.380 e. The third-order valence-corrected chi connectivity index (χ3v) is 1.17. The van der Waals surface area contributed by atoms with Crippen molar-refractivity contribution in [1.82, 2.24) is 4.72 Å². The Balaban J connectivity index is 2.92. The van der Waals surface area contributed by atoms with Crippen LogP contribution in [0.1, 0.15) is 6.92 Å². The van der Waals surface area contributed by atoms with Crippen LogP contribution in [0.4, 0.5) is 0 Å². The van der Waals surface area contributed by atoms with E-state index >= 15 is 0 Å². The zero-order valence-corrected chi connectivity index (χ0v) is 6.19. The Labute approximate surface area is 56.3 Å². The van der Waals surface area contributed by atoms with Crippen LogP contribution >= 0.6 is 0 Å². The summed E-state index contributed by atoms with van der Waals surface area (Å²) < 4.78 is 26.7. The molecule has 0 atom stereocenters. The second kappa shape index (κ2) is 6.00. The van der Waals surface area contributed by atoms with Gasteiger partial charge in [-0.15, -0.1) is 0 Å². The first-order chi connectivity index (χ1) is 4.27. The van der Waals surface area contributed by atoms with Crippen molar-refractivity contribution in [2.75, 3.05) is 19.8 Å². The lowest BCUT2D eigenvalue weighted by molar-refractivity contribution is 0.153. The van der Waals surface area contributed by atoms with Crippen LogP contribution in [-0.2, 0) is 15.6 Å². The molecule has 0 aromatic heterocycles. The first-order valence-corrected chi connectivity index (χ1v) is 3.90. The molecule has 0 spiro atoms. The molecule has 0 aromatic rings. The van der Waals surface area contributed by atoms with Gasteiger partial charge in [0, 0.05) is 13.2 Å². The number of nitrogens with one attached hydrogen (secondary N) is 1. The van der Waals surface area contributed by atoms with Crippen LogP contribution in [-0.4, -0.2) is 28.2 Å². The van der Waals surface area contributed by atoms with Crippen LogP contribution in [0.5, 0.6) is 0 Å². The Morgan fingerprint density at radius 3 is 2.67 bits per heavy atom. The predicted octanol–water partition coefficient (Wildman–Crippen LogP) is -0.861. The molecule has 0 aliphatic heterocycles. The fourth-order valence-electron chi connectivity index (χ4n) is 0.353. The molecular weight excluding hydrogens is 142 g/mol. The lowest BCUT2D eigenvalue weighted by atomic mass is 10.7. The topological polar surface area (TPSA) is 55.4 Å². The van der Waals surface area contributed by atoms with Crippen LogP contribution in [0.2, 0.25) is 0 Å². The van der Waals surface area contributed by atoms with Gasteiger partial charge in [0.15, 0.2) is 0 Å². The maximum Gasteiger partial charge on any atom is 0.201 e. The Morgan fingerprint density at radius 1 is 1.56 bits per heavy atom. The van der Waals surface area contributed by atoms with Crippen molar-refractivity contribution >= 4 is 10.9 Å². The van der Waals surface area contributed by atoms with Gasteiger partial charge in [0.25, 0.3) is 0 Å². The van der Waals surface area contributed by atoms with Gasteiger partial charge in [-0.25, -0.2) is 13.1 Å². The molecule has 0 aliphatic carbocycles. The monoisotopic (exact) mass is 153 g/mol. The van der Waals surface area contributed by atoms with E-state index in [1.54, 1.807) is 0 Å².